The van der Waals surface area contributed by atoms with Crippen LogP contribution in [0.2, 0.25) is 0 Å². The van der Waals surface area contributed by atoms with Gasteiger partial charge in [-0.1, -0.05) is 19.4 Å². The van der Waals surface area contributed by atoms with Crippen LogP contribution in [0.1, 0.15) is 56.8 Å². The first-order valence-corrected chi connectivity index (χ1v) is 6.68. The lowest BCUT2D eigenvalue weighted by molar-refractivity contribution is 0.155. The average Bonchev–Trinajstić information content (AvgIpc) is 2.30. The first-order valence-electron chi connectivity index (χ1n) is 6.68. The van der Waals surface area contributed by atoms with Crippen LogP contribution in [-0.4, -0.2) is 11.2 Å². The molecule has 0 bridgehead atoms. The first-order chi connectivity index (χ1) is 8.20. The summed E-state index contributed by atoms with van der Waals surface area (Å²) in [5.74, 6) is 0.894. The third-order valence-electron chi connectivity index (χ3n) is 3.43. The minimum absolute atomic E-state index is 0.249. The van der Waals surface area contributed by atoms with Crippen LogP contribution in [-0.2, 0) is 6.42 Å². The maximum atomic E-state index is 9.97. The van der Waals surface area contributed by atoms with Gasteiger partial charge in [0.05, 0.1) is 12.2 Å². The van der Waals surface area contributed by atoms with Gasteiger partial charge in [0.15, 0.2) is 0 Å². The molecule has 2 nitrogen and oxygen atoms in total. The number of hydrogen-bond donors (Lipinski definition) is 1. The van der Waals surface area contributed by atoms with Crippen molar-refractivity contribution in [1.82, 2.24) is 0 Å². The van der Waals surface area contributed by atoms with Crippen molar-refractivity contribution in [3.63, 3.8) is 0 Å². The van der Waals surface area contributed by atoms with Gasteiger partial charge in [0, 0.05) is 0 Å². The van der Waals surface area contributed by atoms with E-state index in [2.05, 4.69) is 19.9 Å². The molecular weight excluding hydrogens is 212 g/mol. The topological polar surface area (TPSA) is 29.5 Å². The van der Waals surface area contributed by atoms with Gasteiger partial charge in [-0.2, -0.15) is 0 Å². The van der Waals surface area contributed by atoms with Gasteiger partial charge in [-0.25, -0.2) is 0 Å². The zero-order chi connectivity index (χ0) is 12.3. The van der Waals surface area contributed by atoms with E-state index in [0.29, 0.717) is 0 Å². The Morgan fingerprint density at radius 1 is 1.47 bits per heavy atom. The third kappa shape index (κ3) is 3.01. The van der Waals surface area contributed by atoms with E-state index in [9.17, 15) is 5.11 Å². The Morgan fingerprint density at radius 3 is 3.06 bits per heavy atom. The molecule has 1 aliphatic rings. The predicted octanol–water partition coefficient (Wildman–Crippen LogP) is 3.62. The SMILES string of the molecule is CCCC(C)Oc1ccc2c(c1)C(O)CCC2. The number of fused-ring (bicyclic) bond motifs is 1. The number of ether oxygens (including phenoxy) is 1. The van der Waals surface area contributed by atoms with Crippen molar-refractivity contribution in [2.75, 3.05) is 0 Å². The molecule has 2 heteroatoms. The second-order valence-electron chi connectivity index (χ2n) is 4.99. The molecule has 2 unspecified atom stereocenters. The minimum Gasteiger partial charge on any atom is -0.491 e. The van der Waals surface area contributed by atoms with Gasteiger partial charge < -0.3 is 9.84 Å². The highest BCUT2D eigenvalue weighted by Gasteiger charge is 2.18. The molecule has 0 fully saturated rings. The summed E-state index contributed by atoms with van der Waals surface area (Å²) in [5, 5.41) is 9.97. The molecule has 0 spiro atoms. The van der Waals surface area contributed by atoms with E-state index in [4.69, 9.17) is 4.74 Å². The van der Waals surface area contributed by atoms with Gasteiger partial charge in [-0.15, -0.1) is 0 Å². The number of benzene rings is 1. The molecular formula is C15H22O2. The number of rotatable bonds is 4. The Kier molecular flexibility index (Phi) is 4.06. The van der Waals surface area contributed by atoms with Crippen molar-refractivity contribution in [2.45, 2.75) is 58.2 Å². The Labute approximate surface area is 104 Å². The summed E-state index contributed by atoms with van der Waals surface area (Å²) in [5.41, 5.74) is 2.34. The van der Waals surface area contributed by atoms with Crippen LogP contribution in [0.5, 0.6) is 5.75 Å². The Morgan fingerprint density at radius 2 is 2.29 bits per heavy atom. The summed E-state index contributed by atoms with van der Waals surface area (Å²) in [7, 11) is 0. The van der Waals surface area contributed by atoms with Crippen molar-refractivity contribution in [2.24, 2.45) is 0 Å². The van der Waals surface area contributed by atoms with E-state index >= 15 is 0 Å². The Bertz CT molecular complexity index is 373. The molecule has 0 aliphatic heterocycles. The van der Waals surface area contributed by atoms with Crippen molar-refractivity contribution in [3.8, 4) is 5.75 Å². The minimum atomic E-state index is -0.302. The second kappa shape index (κ2) is 5.54. The van der Waals surface area contributed by atoms with Gasteiger partial charge in [0.1, 0.15) is 5.75 Å². The molecule has 1 aromatic carbocycles. The summed E-state index contributed by atoms with van der Waals surface area (Å²) in [6.07, 6.45) is 5.19. The molecule has 94 valence electrons. The van der Waals surface area contributed by atoms with Crippen LogP contribution in [0.3, 0.4) is 0 Å². The monoisotopic (exact) mass is 234 g/mol. The van der Waals surface area contributed by atoms with E-state index in [1.165, 1.54) is 5.56 Å². The highest BCUT2D eigenvalue weighted by Crippen LogP contribution is 2.32. The fraction of sp³-hybridized carbons (Fsp3) is 0.600. The van der Waals surface area contributed by atoms with Gasteiger partial charge in [-0.05, 0) is 55.9 Å². The van der Waals surface area contributed by atoms with Gasteiger partial charge >= 0.3 is 0 Å². The van der Waals surface area contributed by atoms with Crippen LogP contribution >= 0.6 is 0 Å². The molecule has 0 saturated heterocycles. The van der Waals surface area contributed by atoms with Gasteiger partial charge in [-0.3, -0.25) is 0 Å². The largest absolute Gasteiger partial charge is 0.491 e. The smallest absolute Gasteiger partial charge is 0.120 e. The molecule has 0 heterocycles. The number of aliphatic hydroxyl groups is 1. The molecule has 17 heavy (non-hydrogen) atoms. The van der Waals surface area contributed by atoms with E-state index in [1.54, 1.807) is 0 Å². The van der Waals surface area contributed by atoms with Gasteiger partial charge in [0.25, 0.3) is 0 Å². The zero-order valence-corrected chi connectivity index (χ0v) is 10.8. The second-order valence-corrected chi connectivity index (χ2v) is 4.99. The quantitative estimate of drug-likeness (QED) is 0.862. The third-order valence-corrected chi connectivity index (χ3v) is 3.43. The molecule has 1 N–H and O–H groups in total. The Hall–Kier alpha value is -1.02. The lowest BCUT2D eigenvalue weighted by Crippen LogP contribution is -2.13. The van der Waals surface area contributed by atoms with Crippen LogP contribution in [0, 0.1) is 0 Å². The highest BCUT2D eigenvalue weighted by atomic mass is 16.5. The maximum Gasteiger partial charge on any atom is 0.120 e. The predicted molar refractivity (Wildman–Crippen MR) is 69.3 cm³/mol. The number of aryl methyl sites for hydroxylation is 1. The lowest BCUT2D eigenvalue weighted by Gasteiger charge is -2.23. The first kappa shape index (κ1) is 12.4. The number of aliphatic hydroxyl groups excluding tert-OH is 1. The summed E-state index contributed by atoms with van der Waals surface area (Å²) < 4.78 is 5.86. The summed E-state index contributed by atoms with van der Waals surface area (Å²) in [6, 6.07) is 6.15. The van der Waals surface area contributed by atoms with Crippen molar-refractivity contribution in [1.29, 1.82) is 0 Å². The van der Waals surface area contributed by atoms with Gasteiger partial charge in [0.2, 0.25) is 0 Å². The van der Waals surface area contributed by atoms with Crippen LogP contribution in [0.25, 0.3) is 0 Å². The molecule has 1 aromatic rings. The van der Waals surface area contributed by atoms with E-state index < -0.39 is 0 Å². The fourth-order valence-corrected chi connectivity index (χ4v) is 2.52. The maximum absolute atomic E-state index is 9.97. The molecule has 2 rings (SSSR count). The zero-order valence-electron chi connectivity index (χ0n) is 10.8. The standard InChI is InChI=1S/C15H22O2/c1-3-5-11(2)17-13-9-8-12-6-4-7-15(16)14(12)10-13/h8-11,15-16H,3-7H2,1-2H3. The lowest BCUT2D eigenvalue weighted by atomic mass is 9.89. The molecule has 2 atom stereocenters. The van der Waals surface area contributed by atoms with Crippen molar-refractivity contribution < 1.29 is 9.84 Å². The van der Waals surface area contributed by atoms with E-state index in [1.807, 2.05) is 12.1 Å². The Balaban J connectivity index is 2.12. The van der Waals surface area contributed by atoms with Crippen LogP contribution in [0.4, 0.5) is 0 Å². The molecule has 0 amide bonds. The van der Waals surface area contributed by atoms with E-state index in [-0.39, 0.29) is 12.2 Å². The fourth-order valence-electron chi connectivity index (χ4n) is 2.52. The molecule has 0 radical (unpaired) electrons. The average molecular weight is 234 g/mol. The highest BCUT2D eigenvalue weighted by molar-refractivity contribution is 5.38. The van der Waals surface area contributed by atoms with Crippen molar-refractivity contribution in [3.05, 3.63) is 29.3 Å². The van der Waals surface area contributed by atoms with E-state index in [0.717, 1.165) is 43.4 Å². The number of hydrogen-bond acceptors (Lipinski definition) is 2. The van der Waals surface area contributed by atoms with Crippen LogP contribution < -0.4 is 4.74 Å². The van der Waals surface area contributed by atoms with Crippen molar-refractivity contribution >= 4 is 0 Å². The summed E-state index contributed by atoms with van der Waals surface area (Å²) >= 11 is 0. The molecule has 0 aromatic heterocycles. The molecule has 0 saturated carbocycles. The summed E-state index contributed by atoms with van der Waals surface area (Å²) in [6.45, 7) is 4.26. The molecule has 1 aliphatic carbocycles. The van der Waals surface area contributed by atoms with Crippen LogP contribution in [0.15, 0.2) is 18.2 Å². The normalized spacial score (nSPS) is 20.8. The summed E-state index contributed by atoms with van der Waals surface area (Å²) in [4.78, 5) is 0.